The second-order valence-electron chi connectivity index (χ2n) is 3.08. The van der Waals surface area contributed by atoms with Crippen molar-refractivity contribution >= 4 is 5.97 Å². The fourth-order valence-corrected chi connectivity index (χ4v) is 1.26. The number of carboxylic acids is 1. The van der Waals surface area contributed by atoms with Gasteiger partial charge in [-0.25, -0.2) is 0 Å². The van der Waals surface area contributed by atoms with Crippen LogP contribution >= 0.6 is 0 Å². The van der Waals surface area contributed by atoms with Gasteiger partial charge in [-0.15, -0.1) is 0 Å². The summed E-state index contributed by atoms with van der Waals surface area (Å²) < 4.78 is 9.67. The Morgan fingerprint density at radius 1 is 1.33 bits per heavy atom. The summed E-state index contributed by atoms with van der Waals surface area (Å²) in [6, 6.07) is 1.56. The molecule has 0 aliphatic heterocycles. The highest BCUT2D eigenvalue weighted by molar-refractivity contribution is 5.93. The molecule has 0 aliphatic carbocycles. The average molecular weight is 207 g/mol. The number of hydrogen-bond acceptors (Lipinski definition) is 6. The summed E-state index contributed by atoms with van der Waals surface area (Å²) in [5.74, 6) is -0.725. The van der Waals surface area contributed by atoms with Crippen LogP contribution in [0.5, 0.6) is 0 Å². The van der Waals surface area contributed by atoms with Gasteiger partial charge >= 0.3 is 0 Å². The molecule has 0 bridgehead atoms. The molecule has 0 saturated heterocycles. The predicted molar refractivity (Wildman–Crippen MR) is 45.8 cm³/mol. The normalized spacial score (nSPS) is 10.5. The molecule has 0 amide bonds. The van der Waals surface area contributed by atoms with Gasteiger partial charge in [-0.05, 0) is 13.8 Å². The molecule has 2 rings (SSSR count). The van der Waals surface area contributed by atoms with Crippen molar-refractivity contribution in [1.29, 1.82) is 0 Å². The fourth-order valence-electron chi connectivity index (χ4n) is 1.26. The van der Waals surface area contributed by atoms with E-state index in [0.717, 1.165) is 0 Å². The number of aromatic nitrogens is 2. The van der Waals surface area contributed by atoms with E-state index in [9.17, 15) is 9.90 Å². The quantitative estimate of drug-likeness (QED) is 0.703. The molecule has 2 aromatic heterocycles. The van der Waals surface area contributed by atoms with Gasteiger partial charge in [-0.2, -0.15) is 0 Å². The summed E-state index contributed by atoms with van der Waals surface area (Å²) in [6.07, 6.45) is 0. The molecule has 0 aromatic carbocycles. The molecule has 15 heavy (non-hydrogen) atoms. The Morgan fingerprint density at radius 2 is 2.07 bits per heavy atom. The van der Waals surface area contributed by atoms with Gasteiger partial charge in [0.05, 0.1) is 17.2 Å². The highest BCUT2D eigenvalue weighted by Gasteiger charge is 2.18. The highest BCUT2D eigenvalue weighted by Crippen LogP contribution is 2.24. The van der Waals surface area contributed by atoms with Gasteiger partial charge in [0.2, 0.25) is 0 Å². The summed E-state index contributed by atoms with van der Waals surface area (Å²) >= 11 is 0. The second kappa shape index (κ2) is 3.23. The molecular formula is C9H7N2O4-. The van der Waals surface area contributed by atoms with Crippen molar-refractivity contribution in [1.82, 2.24) is 10.3 Å². The molecule has 0 aliphatic rings. The molecule has 0 spiro atoms. The molecule has 0 radical (unpaired) electrons. The Kier molecular flexibility index (Phi) is 2.03. The first-order valence-corrected chi connectivity index (χ1v) is 4.21. The van der Waals surface area contributed by atoms with E-state index in [0.29, 0.717) is 11.5 Å². The van der Waals surface area contributed by atoms with Crippen molar-refractivity contribution in [2.75, 3.05) is 0 Å². The average Bonchev–Trinajstić information content (AvgIpc) is 2.71. The molecule has 2 aromatic rings. The zero-order valence-electron chi connectivity index (χ0n) is 8.10. The van der Waals surface area contributed by atoms with E-state index in [1.807, 2.05) is 0 Å². The molecule has 0 atom stereocenters. The van der Waals surface area contributed by atoms with Crippen LogP contribution in [0.15, 0.2) is 15.1 Å². The van der Waals surface area contributed by atoms with E-state index in [1.165, 1.54) is 6.92 Å². The van der Waals surface area contributed by atoms with Gasteiger partial charge in [-0.1, -0.05) is 10.3 Å². The van der Waals surface area contributed by atoms with Crippen molar-refractivity contribution < 1.29 is 18.9 Å². The Balaban J connectivity index is 2.58. The number of aromatic carboxylic acids is 1. The maximum Gasteiger partial charge on any atom is 0.198 e. The van der Waals surface area contributed by atoms with Gasteiger partial charge < -0.3 is 18.9 Å². The lowest BCUT2D eigenvalue weighted by Gasteiger charge is -1.99. The predicted octanol–water partition coefficient (Wildman–Crippen LogP) is 0.310. The Bertz CT molecular complexity index is 512. The Labute approximate surface area is 84.5 Å². The lowest BCUT2D eigenvalue weighted by molar-refractivity contribution is -0.255. The molecule has 0 unspecified atom stereocenters. The molecule has 6 heteroatoms. The monoisotopic (exact) mass is 207 g/mol. The highest BCUT2D eigenvalue weighted by atomic mass is 16.5. The summed E-state index contributed by atoms with van der Waals surface area (Å²) in [7, 11) is 0. The van der Waals surface area contributed by atoms with E-state index in [4.69, 9.17) is 9.05 Å². The maximum atomic E-state index is 10.8. The molecule has 0 N–H and O–H groups in total. The third-order valence-electron chi connectivity index (χ3n) is 1.93. The van der Waals surface area contributed by atoms with E-state index in [1.54, 1.807) is 13.0 Å². The Morgan fingerprint density at radius 3 is 2.60 bits per heavy atom. The SMILES string of the molecule is Cc1cc(-c2onc(C)c2C(=O)[O-])no1. The lowest BCUT2D eigenvalue weighted by atomic mass is 10.1. The second-order valence-corrected chi connectivity index (χ2v) is 3.08. The van der Waals surface area contributed by atoms with Crippen LogP contribution in [-0.4, -0.2) is 16.3 Å². The van der Waals surface area contributed by atoms with E-state index in [2.05, 4.69) is 10.3 Å². The first kappa shape index (κ1) is 9.45. The summed E-state index contributed by atoms with van der Waals surface area (Å²) in [4.78, 5) is 10.8. The van der Waals surface area contributed by atoms with Gasteiger partial charge in [0, 0.05) is 6.07 Å². The minimum atomic E-state index is -1.34. The number of carbonyl (C=O) groups excluding carboxylic acids is 1. The topological polar surface area (TPSA) is 92.2 Å². The third-order valence-corrected chi connectivity index (χ3v) is 1.93. The van der Waals surface area contributed by atoms with Gasteiger partial charge in [-0.3, -0.25) is 0 Å². The first-order valence-electron chi connectivity index (χ1n) is 4.21. The molecular weight excluding hydrogens is 200 g/mol. The van der Waals surface area contributed by atoms with E-state index >= 15 is 0 Å². The van der Waals surface area contributed by atoms with Crippen molar-refractivity contribution in [3.05, 3.63) is 23.1 Å². The van der Waals surface area contributed by atoms with Crippen LogP contribution in [0.3, 0.4) is 0 Å². The number of rotatable bonds is 2. The van der Waals surface area contributed by atoms with Crippen LogP contribution in [0, 0.1) is 13.8 Å². The molecule has 0 saturated carbocycles. The zero-order chi connectivity index (χ0) is 11.0. The zero-order valence-corrected chi connectivity index (χ0v) is 8.10. The first-order chi connectivity index (χ1) is 7.09. The van der Waals surface area contributed by atoms with Gasteiger partial charge in [0.25, 0.3) is 0 Å². The standard InChI is InChI=1S/C9H8N2O4/c1-4-3-6(11-14-4)8-7(9(12)13)5(2)10-15-8/h3H,1-2H3,(H,12,13)/p-1. The molecule has 6 nitrogen and oxygen atoms in total. The number of hydrogen-bond donors (Lipinski definition) is 0. The van der Waals surface area contributed by atoms with E-state index < -0.39 is 5.97 Å². The molecule has 2 heterocycles. The minimum Gasteiger partial charge on any atom is -0.545 e. The lowest BCUT2D eigenvalue weighted by Crippen LogP contribution is -2.23. The number of aryl methyl sites for hydroxylation is 2. The van der Waals surface area contributed by atoms with Crippen molar-refractivity contribution in [3.63, 3.8) is 0 Å². The number of nitrogens with zero attached hydrogens (tertiary/aromatic N) is 2. The molecule has 0 fully saturated rings. The summed E-state index contributed by atoms with van der Waals surface area (Å²) in [5, 5.41) is 18.0. The molecule has 78 valence electrons. The third kappa shape index (κ3) is 1.50. The number of carbonyl (C=O) groups is 1. The summed E-state index contributed by atoms with van der Waals surface area (Å²) in [6.45, 7) is 3.21. The number of carboxylic acid groups (broad SMARTS) is 1. The summed E-state index contributed by atoms with van der Waals surface area (Å²) in [5.41, 5.74) is 0.459. The van der Waals surface area contributed by atoms with Crippen molar-refractivity contribution in [3.8, 4) is 11.5 Å². The van der Waals surface area contributed by atoms with Gasteiger partial charge in [0.15, 0.2) is 11.5 Å². The fraction of sp³-hybridized carbons (Fsp3) is 0.222. The van der Waals surface area contributed by atoms with Crippen LogP contribution in [0.2, 0.25) is 0 Å². The van der Waals surface area contributed by atoms with Crippen LogP contribution < -0.4 is 5.11 Å². The maximum absolute atomic E-state index is 10.8. The largest absolute Gasteiger partial charge is 0.545 e. The van der Waals surface area contributed by atoms with E-state index in [-0.39, 0.29) is 17.0 Å². The van der Waals surface area contributed by atoms with Crippen LogP contribution in [0.25, 0.3) is 11.5 Å². The van der Waals surface area contributed by atoms with Gasteiger partial charge in [0.1, 0.15) is 5.76 Å². The van der Waals surface area contributed by atoms with Crippen LogP contribution in [-0.2, 0) is 0 Å². The Hall–Kier alpha value is -2.11. The van der Waals surface area contributed by atoms with Crippen molar-refractivity contribution in [2.24, 2.45) is 0 Å². The minimum absolute atomic E-state index is 0.0596. The van der Waals surface area contributed by atoms with Crippen molar-refractivity contribution in [2.45, 2.75) is 13.8 Å². The smallest absolute Gasteiger partial charge is 0.198 e. The van der Waals surface area contributed by atoms with Crippen LogP contribution in [0.4, 0.5) is 0 Å². The van der Waals surface area contributed by atoms with Crippen LogP contribution in [0.1, 0.15) is 21.8 Å².